The van der Waals surface area contributed by atoms with Crippen LogP contribution in [0.1, 0.15) is 29.8 Å². The van der Waals surface area contributed by atoms with Crippen LogP contribution in [-0.2, 0) is 15.0 Å². The number of carboxylic acids is 1. The largest absolute Gasteiger partial charge is 0.493 e. The molecule has 0 saturated heterocycles. The molecule has 0 bridgehead atoms. The molecular weight excluding hydrogens is 364 g/mol. The van der Waals surface area contributed by atoms with Crippen molar-refractivity contribution in [1.29, 1.82) is 0 Å². The summed E-state index contributed by atoms with van der Waals surface area (Å²) in [6.45, 7) is 2.91. The fraction of sp³-hybridized carbons (Fsp3) is 0.250. The first kappa shape index (κ1) is 20.8. The molecule has 2 rings (SSSR count). The van der Waals surface area contributed by atoms with Crippen molar-refractivity contribution in [2.24, 2.45) is 5.73 Å². The van der Waals surface area contributed by atoms with Crippen LogP contribution in [0.5, 0.6) is 11.5 Å². The van der Waals surface area contributed by atoms with Gasteiger partial charge in [-0.3, -0.25) is 14.4 Å². The van der Waals surface area contributed by atoms with Crippen molar-refractivity contribution in [3.8, 4) is 11.5 Å². The van der Waals surface area contributed by atoms with Gasteiger partial charge in [-0.2, -0.15) is 0 Å². The van der Waals surface area contributed by atoms with Gasteiger partial charge < -0.3 is 25.6 Å². The van der Waals surface area contributed by atoms with Crippen LogP contribution in [0.4, 0.5) is 5.69 Å². The number of hydrogen-bond donors (Lipinski definition) is 3. The van der Waals surface area contributed by atoms with Crippen LogP contribution in [0.25, 0.3) is 0 Å². The van der Waals surface area contributed by atoms with Crippen molar-refractivity contribution >= 4 is 23.5 Å². The second kappa shape index (κ2) is 8.43. The highest BCUT2D eigenvalue weighted by Gasteiger charge is 2.29. The second-order valence-electron chi connectivity index (χ2n) is 6.58. The van der Waals surface area contributed by atoms with Crippen LogP contribution < -0.4 is 20.5 Å². The number of methoxy groups -OCH3 is 1. The third-order valence-electron chi connectivity index (χ3n) is 4.19. The smallest absolute Gasteiger partial charge is 0.313 e. The van der Waals surface area contributed by atoms with E-state index in [0.29, 0.717) is 16.8 Å². The molecule has 2 aromatic carbocycles. The third kappa shape index (κ3) is 4.79. The third-order valence-corrected chi connectivity index (χ3v) is 4.19. The lowest BCUT2D eigenvalue weighted by Gasteiger charge is -2.20. The minimum absolute atomic E-state index is 0.285. The zero-order valence-electron chi connectivity index (χ0n) is 15.8. The first-order valence-corrected chi connectivity index (χ1v) is 8.39. The molecule has 2 aromatic rings. The number of nitrogens with two attached hydrogens (primary N) is 1. The molecule has 8 nitrogen and oxygen atoms in total. The summed E-state index contributed by atoms with van der Waals surface area (Å²) in [5, 5.41) is 12.0. The lowest BCUT2D eigenvalue weighted by Crippen LogP contribution is -2.28. The molecule has 0 saturated carbocycles. The summed E-state index contributed by atoms with van der Waals surface area (Å²) in [5.74, 6) is -1.37. The fourth-order valence-corrected chi connectivity index (χ4v) is 2.37. The molecule has 0 fully saturated rings. The molecule has 28 heavy (non-hydrogen) atoms. The molecule has 0 aromatic heterocycles. The second-order valence-corrected chi connectivity index (χ2v) is 6.58. The maximum Gasteiger partial charge on any atom is 0.313 e. The van der Waals surface area contributed by atoms with Gasteiger partial charge in [0.15, 0.2) is 18.1 Å². The van der Waals surface area contributed by atoms with Gasteiger partial charge in [0.05, 0.1) is 12.5 Å². The van der Waals surface area contributed by atoms with E-state index in [2.05, 4.69) is 5.32 Å². The van der Waals surface area contributed by atoms with E-state index < -0.39 is 17.3 Å². The van der Waals surface area contributed by atoms with Gasteiger partial charge >= 0.3 is 5.97 Å². The number of benzene rings is 2. The summed E-state index contributed by atoms with van der Waals surface area (Å²) < 4.78 is 10.4. The number of carbonyl (C=O) groups is 3. The molecule has 0 heterocycles. The van der Waals surface area contributed by atoms with E-state index in [0.717, 1.165) is 0 Å². The predicted octanol–water partition coefficient (Wildman–Crippen LogP) is 2.17. The number of primary amides is 1. The molecule has 0 aliphatic heterocycles. The van der Waals surface area contributed by atoms with Crippen LogP contribution in [0, 0.1) is 0 Å². The van der Waals surface area contributed by atoms with Gasteiger partial charge in [0.2, 0.25) is 0 Å². The number of ether oxygens (including phenoxy) is 2. The Kier molecular flexibility index (Phi) is 6.25. The average molecular weight is 386 g/mol. The molecule has 0 radical (unpaired) electrons. The summed E-state index contributed by atoms with van der Waals surface area (Å²) >= 11 is 0. The number of anilines is 1. The summed E-state index contributed by atoms with van der Waals surface area (Å²) in [6, 6.07) is 11.1. The van der Waals surface area contributed by atoms with Crippen molar-refractivity contribution < 1.29 is 29.0 Å². The number of carboxylic acid groups (broad SMARTS) is 1. The van der Waals surface area contributed by atoms with Crippen LogP contribution >= 0.6 is 0 Å². The molecule has 0 atom stereocenters. The van der Waals surface area contributed by atoms with E-state index >= 15 is 0 Å². The lowest BCUT2D eigenvalue weighted by atomic mass is 9.85. The van der Waals surface area contributed by atoms with Crippen molar-refractivity contribution in [3.05, 3.63) is 53.6 Å². The van der Waals surface area contributed by atoms with E-state index in [1.165, 1.54) is 25.3 Å². The molecule has 0 spiro atoms. The standard InChI is InChI=1S/C20H22N2O6/c1-20(2,19(25)26)13-5-7-14(8-6-13)22-18(24)12-4-9-15(16(10-12)27-3)28-11-17(21)23/h4-10H,11H2,1-3H3,(H2,21,23)(H,22,24)(H,25,26). The van der Waals surface area contributed by atoms with E-state index in [1.54, 1.807) is 38.1 Å². The molecule has 8 heteroatoms. The highest BCUT2D eigenvalue weighted by atomic mass is 16.5. The minimum Gasteiger partial charge on any atom is -0.493 e. The summed E-state index contributed by atoms with van der Waals surface area (Å²) in [7, 11) is 1.41. The summed E-state index contributed by atoms with van der Waals surface area (Å²) in [4.78, 5) is 34.6. The number of aliphatic carboxylic acids is 1. The number of carbonyl (C=O) groups excluding carboxylic acids is 2. The highest BCUT2D eigenvalue weighted by Crippen LogP contribution is 2.29. The maximum absolute atomic E-state index is 12.5. The van der Waals surface area contributed by atoms with Crippen LogP contribution in [0.15, 0.2) is 42.5 Å². The van der Waals surface area contributed by atoms with Crippen molar-refractivity contribution in [1.82, 2.24) is 0 Å². The van der Waals surface area contributed by atoms with Gasteiger partial charge in [-0.15, -0.1) is 0 Å². The Morgan fingerprint density at radius 3 is 2.25 bits per heavy atom. The number of rotatable bonds is 8. The van der Waals surface area contributed by atoms with Crippen LogP contribution in [0.3, 0.4) is 0 Å². The monoisotopic (exact) mass is 386 g/mol. The van der Waals surface area contributed by atoms with Gasteiger partial charge in [-0.05, 0) is 49.7 Å². The van der Waals surface area contributed by atoms with E-state index in [9.17, 15) is 19.5 Å². The predicted molar refractivity (Wildman–Crippen MR) is 103 cm³/mol. The van der Waals surface area contributed by atoms with Gasteiger partial charge in [0.25, 0.3) is 11.8 Å². The summed E-state index contributed by atoms with van der Waals surface area (Å²) in [5.41, 5.74) is 5.47. The van der Waals surface area contributed by atoms with Gasteiger partial charge in [-0.1, -0.05) is 12.1 Å². The van der Waals surface area contributed by atoms with Gasteiger partial charge in [-0.25, -0.2) is 0 Å². The van der Waals surface area contributed by atoms with Crippen LogP contribution in [0.2, 0.25) is 0 Å². The van der Waals surface area contributed by atoms with Gasteiger partial charge in [0.1, 0.15) is 0 Å². The maximum atomic E-state index is 12.5. The quantitative estimate of drug-likeness (QED) is 0.638. The highest BCUT2D eigenvalue weighted by molar-refractivity contribution is 6.04. The first-order valence-electron chi connectivity index (χ1n) is 8.39. The summed E-state index contributed by atoms with van der Waals surface area (Å²) in [6.07, 6.45) is 0. The molecule has 0 aliphatic rings. The molecule has 148 valence electrons. The SMILES string of the molecule is COc1cc(C(=O)Nc2ccc(C(C)(C)C(=O)O)cc2)ccc1OCC(N)=O. The fourth-order valence-electron chi connectivity index (χ4n) is 2.37. The zero-order valence-corrected chi connectivity index (χ0v) is 15.8. The molecule has 2 amide bonds. The lowest BCUT2D eigenvalue weighted by molar-refractivity contribution is -0.142. The normalized spacial score (nSPS) is 10.8. The average Bonchev–Trinajstić information content (AvgIpc) is 2.66. The molecule has 0 aliphatic carbocycles. The van der Waals surface area contributed by atoms with Gasteiger partial charge in [0, 0.05) is 11.3 Å². The Bertz CT molecular complexity index is 890. The number of hydrogen-bond acceptors (Lipinski definition) is 5. The van der Waals surface area contributed by atoms with Crippen LogP contribution in [-0.4, -0.2) is 36.6 Å². The van der Waals surface area contributed by atoms with Crippen molar-refractivity contribution in [3.63, 3.8) is 0 Å². The van der Waals surface area contributed by atoms with E-state index in [-0.39, 0.29) is 24.0 Å². The van der Waals surface area contributed by atoms with Crippen molar-refractivity contribution in [2.45, 2.75) is 19.3 Å². The van der Waals surface area contributed by atoms with E-state index in [4.69, 9.17) is 15.2 Å². The Hall–Kier alpha value is -3.55. The molecule has 0 unspecified atom stereocenters. The van der Waals surface area contributed by atoms with Crippen molar-refractivity contribution in [2.75, 3.05) is 19.0 Å². The molecular formula is C20H22N2O6. The Balaban J connectivity index is 2.14. The van der Waals surface area contributed by atoms with E-state index in [1.807, 2.05) is 0 Å². The Labute approximate surface area is 162 Å². The minimum atomic E-state index is -1.03. The molecule has 4 N–H and O–H groups in total. The first-order chi connectivity index (χ1) is 13.1. The zero-order chi connectivity index (χ0) is 20.9. The number of nitrogens with one attached hydrogen (secondary N) is 1. The number of amides is 2. The Morgan fingerprint density at radius 1 is 1.07 bits per heavy atom. The Morgan fingerprint density at radius 2 is 1.71 bits per heavy atom. The topological polar surface area (TPSA) is 128 Å².